The predicted octanol–water partition coefficient (Wildman–Crippen LogP) is 3.68. The lowest BCUT2D eigenvalue weighted by Gasteiger charge is -2.39. The number of β-amino-alcohol motifs (C(OH)–C–C–N with tert-alkyl or cyclic N) is 1. The average Bonchev–Trinajstić information content (AvgIpc) is 3.18. The lowest BCUT2D eigenvalue weighted by molar-refractivity contribution is -0.0621. The molecule has 2 aromatic carbocycles. The number of hydrogen-bond acceptors (Lipinski definition) is 5. The molecular formula is C25H31N3O3. The van der Waals surface area contributed by atoms with Gasteiger partial charge in [-0.2, -0.15) is 0 Å². The second-order valence-electron chi connectivity index (χ2n) is 8.30. The number of rotatable bonds is 9. The molecule has 0 spiro atoms. The fraction of sp³-hybridized carbons (Fsp3) is 0.400. The van der Waals surface area contributed by atoms with Crippen LogP contribution in [0, 0.1) is 6.92 Å². The molecule has 0 saturated carbocycles. The lowest BCUT2D eigenvalue weighted by atomic mass is 9.93. The monoisotopic (exact) mass is 421 g/mol. The fourth-order valence-electron chi connectivity index (χ4n) is 4.09. The first-order valence-electron chi connectivity index (χ1n) is 10.9. The number of likely N-dealkylation sites (tertiary alicyclic amines) is 1. The van der Waals surface area contributed by atoms with E-state index in [1.54, 1.807) is 6.20 Å². The maximum Gasteiger partial charge on any atom is 0.119 e. The molecule has 1 unspecified atom stereocenters. The Morgan fingerprint density at radius 2 is 1.90 bits per heavy atom. The normalized spacial score (nSPS) is 19.3. The minimum Gasteiger partial charge on any atom is -0.492 e. The van der Waals surface area contributed by atoms with E-state index in [1.165, 1.54) is 5.56 Å². The molecule has 4 rings (SSSR count). The lowest BCUT2D eigenvalue weighted by Crippen LogP contribution is -2.51. The van der Waals surface area contributed by atoms with Gasteiger partial charge in [0.25, 0.3) is 0 Å². The van der Waals surface area contributed by atoms with Crippen molar-refractivity contribution in [3.05, 3.63) is 78.4 Å². The van der Waals surface area contributed by atoms with Gasteiger partial charge in [-0.05, 0) is 56.1 Å². The van der Waals surface area contributed by atoms with Crippen LogP contribution in [0.2, 0.25) is 0 Å². The van der Waals surface area contributed by atoms with E-state index < -0.39 is 5.60 Å². The summed E-state index contributed by atoms with van der Waals surface area (Å²) in [6.45, 7) is 6.03. The van der Waals surface area contributed by atoms with Crippen LogP contribution in [0.25, 0.3) is 0 Å². The van der Waals surface area contributed by atoms with Gasteiger partial charge in [0.05, 0.1) is 6.54 Å². The molecule has 0 amide bonds. The van der Waals surface area contributed by atoms with Gasteiger partial charge >= 0.3 is 0 Å². The molecule has 1 fully saturated rings. The minimum atomic E-state index is -0.829. The average molecular weight is 422 g/mol. The van der Waals surface area contributed by atoms with Crippen LogP contribution in [-0.4, -0.2) is 51.5 Å². The van der Waals surface area contributed by atoms with Crippen molar-refractivity contribution in [2.24, 2.45) is 0 Å². The van der Waals surface area contributed by atoms with Crippen molar-refractivity contribution in [1.29, 1.82) is 0 Å². The first kappa shape index (κ1) is 21.4. The number of para-hydroxylation sites is 1. The Morgan fingerprint density at radius 1 is 1.06 bits per heavy atom. The van der Waals surface area contributed by atoms with Gasteiger partial charge < -0.3 is 19.1 Å². The van der Waals surface area contributed by atoms with E-state index in [9.17, 15) is 5.11 Å². The molecule has 6 heteroatoms. The van der Waals surface area contributed by atoms with Crippen molar-refractivity contribution in [3.8, 4) is 11.5 Å². The largest absolute Gasteiger partial charge is 0.492 e. The molecule has 1 aromatic heterocycles. The van der Waals surface area contributed by atoms with Gasteiger partial charge in [0.2, 0.25) is 0 Å². The number of nitrogens with zero attached hydrogens (tertiary/aromatic N) is 3. The second-order valence-corrected chi connectivity index (χ2v) is 8.30. The number of ether oxygens (including phenoxy) is 2. The van der Waals surface area contributed by atoms with Crippen LogP contribution in [0.15, 0.2) is 67.0 Å². The maximum absolute atomic E-state index is 11.1. The van der Waals surface area contributed by atoms with Gasteiger partial charge in [0.1, 0.15) is 36.1 Å². The molecule has 2 heterocycles. The van der Waals surface area contributed by atoms with Crippen LogP contribution >= 0.6 is 0 Å². The summed E-state index contributed by atoms with van der Waals surface area (Å²) in [5.74, 6) is 2.66. The van der Waals surface area contributed by atoms with Crippen LogP contribution in [0.5, 0.6) is 11.5 Å². The first-order chi connectivity index (χ1) is 15.1. The molecule has 1 saturated heterocycles. The summed E-state index contributed by atoms with van der Waals surface area (Å²) in [7, 11) is 0. The number of aliphatic hydroxyl groups is 1. The van der Waals surface area contributed by atoms with E-state index in [2.05, 4.69) is 26.6 Å². The highest BCUT2D eigenvalue weighted by molar-refractivity contribution is 5.28. The summed E-state index contributed by atoms with van der Waals surface area (Å²) in [6, 6.07) is 17.9. The fourth-order valence-corrected chi connectivity index (χ4v) is 4.09. The Kier molecular flexibility index (Phi) is 6.89. The SMILES string of the molecule is Cc1nccn1CCOc1cccc(CN2CCCC(O)(COc3ccccc3)C2)c1. The van der Waals surface area contributed by atoms with Crippen molar-refractivity contribution in [1.82, 2.24) is 14.5 Å². The first-order valence-corrected chi connectivity index (χ1v) is 10.9. The molecule has 3 aromatic rings. The third-order valence-electron chi connectivity index (χ3n) is 5.71. The van der Waals surface area contributed by atoms with Crippen molar-refractivity contribution in [3.63, 3.8) is 0 Å². The van der Waals surface area contributed by atoms with Gasteiger partial charge in [0.15, 0.2) is 0 Å². The summed E-state index contributed by atoms with van der Waals surface area (Å²) in [5.41, 5.74) is 0.356. The number of benzene rings is 2. The third kappa shape index (κ3) is 6.09. The second kappa shape index (κ2) is 9.98. The van der Waals surface area contributed by atoms with Crippen LogP contribution in [0.1, 0.15) is 24.2 Å². The van der Waals surface area contributed by atoms with E-state index >= 15 is 0 Å². The zero-order chi connectivity index (χ0) is 21.5. The van der Waals surface area contributed by atoms with Crippen molar-refractivity contribution in [2.45, 2.75) is 38.5 Å². The number of piperidine rings is 1. The third-order valence-corrected chi connectivity index (χ3v) is 5.71. The zero-order valence-electron chi connectivity index (χ0n) is 18.1. The maximum atomic E-state index is 11.1. The number of aryl methyl sites for hydroxylation is 1. The van der Waals surface area contributed by atoms with Gasteiger partial charge in [-0.25, -0.2) is 4.98 Å². The number of imidazole rings is 1. The molecule has 164 valence electrons. The Labute approximate surface area is 184 Å². The number of hydrogen-bond donors (Lipinski definition) is 1. The minimum absolute atomic E-state index is 0.310. The van der Waals surface area contributed by atoms with Crippen LogP contribution in [0.3, 0.4) is 0 Å². The Hall–Kier alpha value is -2.83. The number of aromatic nitrogens is 2. The highest BCUT2D eigenvalue weighted by Gasteiger charge is 2.34. The molecule has 31 heavy (non-hydrogen) atoms. The molecule has 0 aliphatic carbocycles. The van der Waals surface area contributed by atoms with E-state index in [0.717, 1.165) is 49.8 Å². The van der Waals surface area contributed by atoms with Gasteiger partial charge in [-0.15, -0.1) is 0 Å². The van der Waals surface area contributed by atoms with Crippen LogP contribution < -0.4 is 9.47 Å². The molecule has 1 aliphatic rings. The summed E-state index contributed by atoms with van der Waals surface area (Å²) >= 11 is 0. The smallest absolute Gasteiger partial charge is 0.119 e. The van der Waals surface area contributed by atoms with Gasteiger partial charge in [0, 0.05) is 25.5 Å². The standard InChI is InChI=1S/C25H31N3O3/c1-21-26-12-14-28(21)15-16-30-24-10-5-7-22(17-24)18-27-13-6-11-25(29,19-27)20-31-23-8-3-2-4-9-23/h2-5,7-10,12,14,17,29H,6,11,13,15-16,18-20H2,1H3. The zero-order valence-corrected chi connectivity index (χ0v) is 18.1. The molecule has 1 N–H and O–H groups in total. The summed E-state index contributed by atoms with van der Waals surface area (Å²) in [6.07, 6.45) is 5.48. The summed E-state index contributed by atoms with van der Waals surface area (Å²) < 4.78 is 13.9. The Bertz CT molecular complexity index is 959. The Morgan fingerprint density at radius 3 is 2.71 bits per heavy atom. The molecule has 0 radical (unpaired) electrons. The van der Waals surface area contributed by atoms with E-state index in [1.807, 2.05) is 55.6 Å². The highest BCUT2D eigenvalue weighted by Crippen LogP contribution is 2.25. The highest BCUT2D eigenvalue weighted by atomic mass is 16.5. The molecular weight excluding hydrogens is 390 g/mol. The summed E-state index contributed by atoms with van der Waals surface area (Å²) in [4.78, 5) is 6.53. The van der Waals surface area contributed by atoms with Crippen LogP contribution in [0.4, 0.5) is 0 Å². The van der Waals surface area contributed by atoms with Gasteiger partial charge in [-0.1, -0.05) is 30.3 Å². The topological polar surface area (TPSA) is 59.8 Å². The van der Waals surface area contributed by atoms with Crippen LogP contribution in [-0.2, 0) is 13.1 Å². The molecule has 6 nitrogen and oxygen atoms in total. The Balaban J connectivity index is 1.29. The van der Waals surface area contributed by atoms with E-state index in [0.29, 0.717) is 19.8 Å². The molecule has 1 atom stereocenters. The van der Waals surface area contributed by atoms with Crippen molar-refractivity contribution >= 4 is 0 Å². The van der Waals surface area contributed by atoms with Gasteiger partial charge in [-0.3, -0.25) is 4.90 Å². The quantitative estimate of drug-likeness (QED) is 0.571. The van der Waals surface area contributed by atoms with E-state index in [4.69, 9.17) is 9.47 Å². The molecule has 0 bridgehead atoms. The van der Waals surface area contributed by atoms with Crippen molar-refractivity contribution in [2.75, 3.05) is 26.3 Å². The molecule has 1 aliphatic heterocycles. The van der Waals surface area contributed by atoms with Crippen molar-refractivity contribution < 1.29 is 14.6 Å². The predicted molar refractivity (Wildman–Crippen MR) is 120 cm³/mol. The summed E-state index contributed by atoms with van der Waals surface area (Å²) in [5, 5.41) is 11.1. The van der Waals surface area contributed by atoms with E-state index in [-0.39, 0.29) is 0 Å².